The number of nitrogens with zero attached hydrogens (tertiary/aromatic N) is 3. The van der Waals surface area contributed by atoms with Gasteiger partial charge in [0.25, 0.3) is 11.5 Å². The first-order valence-electron chi connectivity index (χ1n) is 8.06. The first-order chi connectivity index (χ1) is 12.7. The molecule has 3 rings (SSSR count). The Morgan fingerprint density at radius 2 is 2.04 bits per heavy atom. The molecule has 1 aromatic carbocycles. The fourth-order valence-corrected chi connectivity index (χ4v) is 2.40. The molecule has 0 aliphatic rings. The number of methoxy groups -OCH3 is 1. The lowest BCUT2D eigenvalue weighted by Crippen LogP contribution is -2.30. The van der Waals surface area contributed by atoms with Gasteiger partial charge < -0.3 is 10.1 Å². The molecule has 0 unspecified atom stereocenters. The molecule has 26 heavy (non-hydrogen) atoms. The summed E-state index contributed by atoms with van der Waals surface area (Å²) >= 11 is 0. The fraction of sp³-hybridized carbons (Fsp3) is 0.158. The van der Waals surface area contributed by atoms with E-state index in [1.54, 1.807) is 25.4 Å². The SMILES string of the molecule is COc1ccc(-c2cc(=O)n(CCNC(=O)c3cccnc3)cn2)cc1. The highest BCUT2D eigenvalue weighted by molar-refractivity contribution is 5.93. The van der Waals surface area contributed by atoms with Gasteiger partial charge in [0, 0.05) is 37.1 Å². The Morgan fingerprint density at radius 3 is 2.69 bits per heavy atom. The first kappa shape index (κ1) is 17.3. The van der Waals surface area contributed by atoms with Crippen LogP contribution in [-0.4, -0.2) is 34.1 Å². The van der Waals surface area contributed by atoms with E-state index >= 15 is 0 Å². The molecule has 0 fully saturated rings. The lowest BCUT2D eigenvalue weighted by Gasteiger charge is -2.08. The van der Waals surface area contributed by atoms with Crippen LogP contribution >= 0.6 is 0 Å². The lowest BCUT2D eigenvalue weighted by molar-refractivity contribution is 0.0952. The molecule has 2 aromatic heterocycles. The van der Waals surface area contributed by atoms with Crippen molar-refractivity contribution in [2.75, 3.05) is 13.7 Å². The summed E-state index contributed by atoms with van der Waals surface area (Å²) in [6, 6.07) is 12.2. The third kappa shape index (κ3) is 4.13. The highest BCUT2D eigenvalue weighted by Gasteiger charge is 2.06. The Balaban J connectivity index is 1.62. The van der Waals surface area contributed by atoms with Gasteiger partial charge in [-0.3, -0.25) is 19.1 Å². The molecule has 0 atom stereocenters. The van der Waals surface area contributed by atoms with Gasteiger partial charge in [0.05, 0.1) is 24.7 Å². The summed E-state index contributed by atoms with van der Waals surface area (Å²) in [5, 5.41) is 2.75. The Kier molecular flexibility index (Phi) is 5.38. The van der Waals surface area contributed by atoms with Crippen LogP contribution in [0.5, 0.6) is 5.75 Å². The van der Waals surface area contributed by atoms with Gasteiger partial charge in [-0.1, -0.05) is 0 Å². The number of rotatable bonds is 6. The zero-order valence-electron chi connectivity index (χ0n) is 14.3. The highest BCUT2D eigenvalue weighted by atomic mass is 16.5. The second-order valence-corrected chi connectivity index (χ2v) is 5.53. The van der Waals surface area contributed by atoms with Gasteiger partial charge in [-0.15, -0.1) is 0 Å². The van der Waals surface area contributed by atoms with Gasteiger partial charge in [0.2, 0.25) is 0 Å². The lowest BCUT2D eigenvalue weighted by atomic mass is 10.1. The van der Waals surface area contributed by atoms with Crippen molar-refractivity contribution in [3.63, 3.8) is 0 Å². The van der Waals surface area contributed by atoms with E-state index in [0.717, 1.165) is 11.3 Å². The summed E-state index contributed by atoms with van der Waals surface area (Å²) in [5.41, 5.74) is 1.72. The quantitative estimate of drug-likeness (QED) is 0.732. The fourth-order valence-electron chi connectivity index (χ4n) is 2.40. The molecule has 132 valence electrons. The number of hydrogen-bond acceptors (Lipinski definition) is 5. The van der Waals surface area contributed by atoms with Crippen LogP contribution < -0.4 is 15.6 Å². The highest BCUT2D eigenvalue weighted by Crippen LogP contribution is 2.19. The minimum Gasteiger partial charge on any atom is -0.497 e. The van der Waals surface area contributed by atoms with Gasteiger partial charge in [-0.25, -0.2) is 4.98 Å². The monoisotopic (exact) mass is 350 g/mol. The molecule has 1 amide bonds. The van der Waals surface area contributed by atoms with Gasteiger partial charge in [-0.2, -0.15) is 0 Å². The molecule has 0 bridgehead atoms. The van der Waals surface area contributed by atoms with Crippen molar-refractivity contribution in [2.24, 2.45) is 0 Å². The first-order valence-corrected chi connectivity index (χ1v) is 8.06. The topological polar surface area (TPSA) is 86.1 Å². The molecule has 7 heteroatoms. The molecular formula is C19H18N4O3. The number of benzene rings is 1. The number of hydrogen-bond donors (Lipinski definition) is 1. The average Bonchev–Trinajstić information content (AvgIpc) is 2.70. The largest absolute Gasteiger partial charge is 0.497 e. The van der Waals surface area contributed by atoms with Crippen molar-refractivity contribution in [3.8, 4) is 17.0 Å². The maximum atomic E-state index is 12.3. The third-order valence-electron chi connectivity index (χ3n) is 3.83. The molecule has 3 aromatic rings. The number of ether oxygens (including phenoxy) is 1. The standard InChI is InChI=1S/C19H18N4O3/c1-26-16-6-4-14(5-7-16)17-11-18(24)23(13-22-17)10-9-21-19(25)15-3-2-8-20-12-15/h2-8,11-13H,9-10H2,1H3,(H,21,25). The van der Waals surface area contributed by atoms with E-state index in [9.17, 15) is 9.59 Å². The van der Waals surface area contributed by atoms with Crippen LogP contribution in [0.2, 0.25) is 0 Å². The molecule has 0 saturated carbocycles. The Morgan fingerprint density at radius 1 is 1.23 bits per heavy atom. The molecule has 0 radical (unpaired) electrons. The van der Waals surface area contributed by atoms with E-state index in [2.05, 4.69) is 15.3 Å². The summed E-state index contributed by atoms with van der Waals surface area (Å²) in [6.45, 7) is 0.651. The number of carbonyl (C=O) groups excluding carboxylic acids is 1. The van der Waals surface area contributed by atoms with Crippen molar-refractivity contribution < 1.29 is 9.53 Å². The third-order valence-corrected chi connectivity index (χ3v) is 3.83. The van der Waals surface area contributed by atoms with Gasteiger partial charge in [0.1, 0.15) is 5.75 Å². The van der Waals surface area contributed by atoms with Crippen LogP contribution in [0.25, 0.3) is 11.3 Å². The van der Waals surface area contributed by atoms with Crippen LogP contribution in [0.1, 0.15) is 10.4 Å². The maximum Gasteiger partial charge on any atom is 0.253 e. The smallest absolute Gasteiger partial charge is 0.253 e. The zero-order chi connectivity index (χ0) is 18.4. The molecule has 7 nitrogen and oxygen atoms in total. The van der Waals surface area contributed by atoms with Gasteiger partial charge in [-0.05, 0) is 36.4 Å². The van der Waals surface area contributed by atoms with E-state index in [0.29, 0.717) is 24.3 Å². The Hall–Kier alpha value is -3.48. The summed E-state index contributed by atoms with van der Waals surface area (Å²) in [6.07, 6.45) is 4.58. The van der Waals surface area contributed by atoms with Crippen molar-refractivity contribution >= 4 is 5.91 Å². The summed E-state index contributed by atoms with van der Waals surface area (Å²) in [4.78, 5) is 32.4. The van der Waals surface area contributed by atoms with Crippen LogP contribution in [0.4, 0.5) is 0 Å². The predicted molar refractivity (Wildman–Crippen MR) is 97.1 cm³/mol. The van der Waals surface area contributed by atoms with E-state index in [1.165, 1.54) is 23.2 Å². The van der Waals surface area contributed by atoms with Crippen molar-refractivity contribution in [2.45, 2.75) is 6.54 Å². The van der Waals surface area contributed by atoms with Crippen LogP contribution in [0.3, 0.4) is 0 Å². The number of pyridine rings is 1. The van der Waals surface area contributed by atoms with Crippen molar-refractivity contribution in [1.82, 2.24) is 19.9 Å². The zero-order valence-corrected chi connectivity index (χ0v) is 14.3. The molecule has 2 heterocycles. The summed E-state index contributed by atoms with van der Waals surface area (Å²) in [7, 11) is 1.60. The number of nitrogens with one attached hydrogen (secondary N) is 1. The van der Waals surface area contributed by atoms with Crippen LogP contribution in [0, 0.1) is 0 Å². The number of aromatic nitrogens is 3. The van der Waals surface area contributed by atoms with Gasteiger partial charge in [0.15, 0.2) is 0 Å². The molecule has 1 N–H and O–H groups in total. The average molecular weight is 350 g/mol. The van der Waals surface area contributed by atoms with Crippen molar-refractivity contribution in [1.29, 1.82) is 0 Å². The van der Waals surface area contributed by atoms with Crippen molar-refractivity contribution in [3.05, 3.63) is 77.1 Å². The molecule has 0 saturated heterocycles. The van der Waals surface area contributed by atoms with E-state index < -0.39 is 0 Å². The van der Waals surface area contributed by atoms with Crippen LogP contribution in [0.15, 0.2) is 66.0 Å². The van der Waals surface area contributed by atoms with E-state index in [1.807, 2.05) is 24.3 Å². The molecular weight excluding hydrogens is 332 g/mol. The normalized spacial score (nSPS) is 10.3. The van der Waals surface area contributed by atoms with E-state index in [4.69, 9.17) is 4.74 Å². The Bertz CT molecular complexity index is 937. The Labute approximate surface area is 150 Å². The van der Waals surface area contributed by atoms with Gasteiger partial charge >= 0.3 is 0 Å². The summed E-state index contributed by atoms with van der Waals surface area (Å²) < 4.78 is 6.57. The minimum absolute atomic E-state index is 0.179. The second kappa shape index (κ2) is 8.06. The number of amides is 1. The minimum atomic E-state index is -0.228. The second-order valence-electron chi connectivity index (χ2n) is 5.53. The van der Waals surface area contributed by atoms with Crippen LogP contribution in [-0.2, 0) is 6.54 Å². The summed E-state index contributed by atoms with van der Waals surface area (Å²) in [5.74, 6) is 0.514. The number of carbonyl (C=O) groups is 1. The molecule has 0 aliphatic carbocycles. The maximum absolute atomic E-state index is 12.3. The van der Waals surface area contributed by atoms with E-state index in [-0.39, 0.29) is 11.5 Å². The molecule has 0 aliphatic heterocycles. The predicted octanol–water partition coefficient (Wildman–Crippen LogP) is 1.74. The molecule has 0 spiro atoms.